The van der Waals surface area contributed by atoms with E-state index in [2.05, 4.69) is 20.8 Å². The SMILES string of the molecule is CCCC1OC(C)C[C@H]1C. The lowest BCUT2D eigenvalue weighted by molar-refractivity contribution is 0.0403. The summed E-state index contributed by atoms with van der Waals surface area (Å²) in [6.07, 6.45) is 4.81. The van der Waals surface area contributed by atoms with Gasteiger partial charge in [0.15, 0.2) is 0 Å². The fourth-order valence-corrected chi connectivity index (χ4v) is 1.80. The lowest BCUT2D eigenvalue weighted by Gasteiger charge is -2.12. The zero-order chi connectivity index (χ0) is 7.56. The quantitative estimate of drug-likeness (QED) is 0.576. The first-order valence-corrected chi connectivity index (χ1v) is 4.39. The van der Waals surface area contributed by atoms with Gasteiger partial charge in [-0.1, -0.05) is 20.3 Å². The van der Waals surface area contributed by atoms with Gasteiger partial charge in [0.1, 0.15) is 0 Å². The summed E-state index contributed by atoms with van der Waals surface area (Å²) in [4.78, 5) is 0. The molecule has 0 aromatic rings. The number of hydrogen-bond donors (Lipinski definition) is 0. The van der Waals surface area contributed by atoms with Gasteiger partial charge >= 0.3 is 0 Å². The summed E-state index contributed by atoms with van der Waals surface area (Å²) in [7, 11) is 0. The molecule has 1 rings (SSSR count). The summed E-state index contributed by atoms with van der Waals surface area (Å²) in [5.41, 5.74) is 0. The summed E-state index contributed by atoms with van der Waals surface area (Å²) in [5, 5.41) is 0. The minimum atomic E-state index is 0.506. The Morgan fingerprint density at radius 3 is 2.50 bits per heavy atom. The molecule has 2 unspecified atom stereocenters. The van der Waals surface area contributed by atoms with Crippen LogP contribution in [-0.4, -0.2) is 12.2 Å². The molecule has 0 radical (unpaired) electrons. The van der Waals surface area contributed by atoms with Crippen LogP contribution >= 0.6 is 0 Å². The third-order valence-electron chi connectivity index (χ3n) is 2.32. The van der Waals surface area contributed by atoms with Crippen LogP contribution < -0.4 is 0 Å². The summed E-state index contributed by atoms with van der Waals surface area (Å²) < 4.78 is 5.71. The van der Waals surface area contributed by atoms with E-state index in [-0.39, 0.29) is 0 Å². The molecule has 0 saturated carbocycles. The first-order chi connectivity index (χ1) is 4.74. The van der Waals surface area contributed by atoms with E-state index >= 15 is 0 Å². The number of ether oxygens (including phenoxy) is 1. The lowest BCUT2D eigenvalue weighted by atomic mass is 9.99. The minimum Gasteiger partial charge on any atom is -0.375 e. The number of hydrogen-bond acceptors (Lipinski definition) is 1. The highest BCUT2D eigenvalue weighted by Crippen LogP contribution is 2.28. The fraction of sp³-hybridized carbons (Fsp3) is 1.00. The third kappa shape index (κ3) is 1.72. The molecule has 60 valence electrons. The van der Waals surface area contributed by atoms with Crippen molar-refractivity contribution in [1.82, 2.24) is 0 Å². The van der Waals surface area contributed by atoms with E-state index in [0.29, 0.717) is 12.2 Å². The van der Waals surface area contributed by atoms with E-state index in [0.717, 1.165) is 5.92 Å². The molecule has 1 nitrogen and oxygen atoms in total. The number of rotatable bonds is 2. The van der Waals surface area contributed by atoms with Gasteiger partial charge in [0.2, 0.25) is 0 Å². The molecule has 0 bridgehead atoms. The van der Waals surface area contributed by atoms with Crippen molar-refractivity contribution in [3.8, 4) is 0 Å². The Morgan fingerprint density at radius 1 is 1.40 bits per heavy atom. The van der Waals surface area contributed by atoms with Crippen LogP contribution in [0.3, 0.4) is 0 Å². The monoisotopic (exact) mass is 142 g/mol. The molecular formula is C9H18O. The molecule has 1 fully saturated rings. The van der Waals surface area contributed by atoms with Gasteiger partial charge in [-0.05, 0) is 25.7 Å². The second kappa shape index (κ2) is 3.38. The smallest absolute Gasteiger partial charge is 0.0605 e. The van der Waals surface area contributed by atoms with E-state index in [9.17, 15) is 0 Å². The zero-order valence-corrected chi connectivity index (χ0v) is 7.26. The molecule has 10 heavy (non-hydrogen) atoms. The first-order valence-electron chi connectivity index (χ1n) is 4.39. The van der Waals surface area contributed by atoms with Gasteiger partial charge in [0, 0.05) is 0 Å². The molecule has 1 saturated heterocycles. The van der Waals surface area contributed by atoms with Crippen LogP contribution in [0.4, 0.5) is 0 Å². The van der Waals surface area contributed by atoms with E-state index in [1.807, 2.05) is 0 Å². The third-order valence-corrected chi connectivity index (χ3v) is 2.32. The molecule has 1 aliphatic rings. The van der Waals surface area contributed by atoms with Gasteiger partial charge in [-0.2, -0.15) is 0 Å². The Labute approximate surface area is 63.8 Å². The van der Waals surface area contributed by atoms with Crippen molar-refractivity contribution in [3.63, 3.8) is 0 Å². The maximum atomic E-state index is 5.71. The molecule has 1 heterocycles. The maximum absolute atomic E-state index is 5.71. The zero-order valence-electron chi connectivity index (χ0n) is 7.26. The largest absolute Gasteiger partial charge is 0.375 e. The van der Waals surface area contributed by atoms with Crippen LogP contribution in [0.2, 0.25) is 0 Å². The second-order valence-corrected chi connectivity index (χ2v) is 3.49. The van der Waals surface area contributed by atoms with E-state index in [1.165, 1.54) is 19.3 Å². The van der Waals surface area contributed by atoms with Crippen molar-refractivity contribution in [1.29, 1.82) is 0 Å². The molecule has 0 spiro atoms. The van der Waals surface area contributed by atoms with Crippen molar-refractivity contribution < 1.29 is 4.74 Å². The summed E-state index contributed by atoms with van der Waals surface area (Å²) in [6.45, 7) is 6.69. The van der Waals surface area contributed by atoms with Gasteiger partial charge in [0.25, 0.3) is 0 Å². The van der Waals surface area contributed by atoms with Crippen molar-refractivity contribution >= 4 is 0 Å². The Morgan fingerprint density at radius 2 is 2.10 bits per heavy atom. The van der Waals surface area contributed by atoms with Crippen LogP contribution in [0.15, 0.2) is 0 Å². The van der Waals surface area contributed by atoms with Crippen molar-refractivity contribution in [2.24, 2.45) is 5.92 Å². The Hall–Kier alpha value is -0.0400. The Bertz CT molecular complexity index is 101. The Kier molecular flexibility index (Phi) is 2.72. The van der Waals surface area contributed by atoms with Gasteiger partial charge < -0.3 is 4.74 Å². The van der Waals surface area contributed by atoms with Gasteiger partial charge in [-0.15, -0.1) is 0 Å². The summed E-state index contributed by atoms with van der Waals surface area (Å²) in [6, 6.07) is 0. The summed E-state index contributed by atoms with van der Waals surface area (Å²) >= 11 is 0. The van der Waals surface area contributed by atoms with Gasteiger partial charge in [0.05, 0.1) is 12.2 Å². The average molecular weight is 142 g/mol. The van der Waals surface area contributed by atoms with E-state index < -0.39 is 0 Å². The molecule has 1 aliphatic heterocycles. The highest BCUT2D eigenvalue weighted by Gasteiger charge is 2.28. The molecule has 0 aromatic carbocycles. The summed E-state index contributed by atoms with van der Waals surface area (Å²) in [5.74, 6) is 0.787. The van der Waals surface area contributed by atoms with Gasteiger partial charge in [-0.3, -0.25) is 0 Å². The molecule has 3 atom stereocenters. The molecule has 0 N–H and O–H groups in total. The standard InChI is InChI=1S/C9H18O/c1-4-5-9-7(2)6-8(3)10-9/h7-9H,4-6H2,1-3H3/t7-,8?,9?/m1/s1. The maximum Gasteiger partial charge on any atom is 0.0605 e. The minimum absolute atomic E-state index is 0.506. The molecular weight excluding hydrogens is 124 g/mol. The van der Waals surface area contributed by atoms with Crippen molar-refractivity contribution in [2.45, 2.75) is 52.2 Å². The van der Waals surface area contributed by atoms with Crippen molar-refractivity contribution in [2.75, 3.05) is 0 Å². The molecule has 0 amide bonds. The van der Waals surface area contributed by atoms with Crippen LogP contribution in [0, 0.1) is 5.92 Å². The van der Waals surface area contributed by atoms with Crippen LogP contribution in [0.1, 0.15) is 40.0 Å². The normalized spacial score (nSPS) is 40.5. The van der Waals surface area contributed by atoms with Crippen molar-refractivity contribution in [3.05, 3.63) is 0 Å². The fourth-order valence-electron chi connectivity index (χ4n) is 1.80. The van der Waals surface area contributed by atoms with E-state index in [1.54, 1.807) is 0 Å². The lowest BCUT2D eigenvalue weighted by Crippen LogP contribution is -2.12. The second-order valence-electron chi connectivity index (χ2n) is 3.49. The topological polar surface area (TPSA) is 9.23 Å². The molecule has 0 aromatic heterocycles. The van der Waals surface area contributed by atoms with Crippen LogP contribution in [0.25, 0.3) is 0 Å². The highest BCUT2D eigenvalue weighted by atomic mass is 16.5. The predicted octanol–water partition coefficient (Wildman–Crippen LogP) is 2.60. The van der Waals surface area contributed by atoms with E-state index in [4.69, 9.17) is 4.74 Å². The van der Waals surface area contributed by atoms with Crippen LogP contribution in [-0.2, 0) is 4.74 Å². The average Bonchev–Trinajstić information content (AvgIpc) is 2.13. The van der Waals surface area contributed by atoms with Crippen LogP contribution in [0.5, 0.6) is 0 Å². The predicted molar refractivity (Wildman–Crippen MR) is 43.0 cm³/mol. The molecule has 0 aliphatic carbocycles. The Balaban J connectivity index is 2.31. The highest BCUT2D eigenvalue weighted by molar-refractivity contribution is 4.76. The van der Waals surface area contributed by atoms with Gasteiger partial charge in [-0.25, -0.2) is 0 Å². The first kappa shape index (κ1) is 8.06. The molecule has 1 heteroatoms.